The lowest BCUT2D eigenvalue weighted by Crippen LogP contribution is -2.63. The fourth-order valence-corrected chi connectivity index (χ4v) is 1.74. The number of likely N-dealkylation sites (N-methyl/N-ethyl adjacent to an activating group) is 1. The van der Waals surface area contributed by atoms with Crippen LogP contribution >= 0.6 is 0 Å². The number of amides is 1. The molecule has 12 heavy (non-hydrogen) atoms. The molecule has 1 unspecified atom stereocenters. The molecular formula is C8H15N3O. The van der Waals surface area contributed by atoms with Crippen LogP contribution in [0.2, 0.25) is 0 Å². The van der Waals surface area contributed by atoms with Crippen LogP contribution in [0.3, 0.4) is 0 Å². The summed E-state index contributed by atoms with van der Waals surface area (Å²) in [6.45, 7) is 3.74. The normalized spacial score (nSPS) is 31.9. The predicted octanol–water partition coefficient (Wildman–Crippen LogP) is -1.36. The molecule has 0 aromatic carbocycles. The second-order valence-electron chi connectivity index (χ2n) is 3.61. The van der Waals surface area contributed by atoms with E-state index in [2.05, 4.69) is 10.6 Å². The van der Waals surface area contributed by atoms with E-state index in [1.165, 1.54) is 0 Å². The quantitative estimate of drug-likeness (QED) is 0.509. The summed E-state index contributed by atoms with van der Waals surface area (Å²) < 4.78 is 0. The molecule has 2 aliphatic rings. The average molecular weight is 169 g/mol. The van der Waals surface area contributed by atoms with E-state index in [4.69, 9.17) is 0 Å². The predicted molar refractivity (Wildman–Crippen MR) is 45.8 cm³/mol. The third kappa shape index (κ3) is 1.21. The van der Waals surface area contributed by atoms with Gasteiger partial charge in [-0.15, -0.1) is 0 Å². The second kappa shape index (κ2) is 3.03. The zero-order valence-corrected chi connectivity index (χ0v) is 7.34. The average Bonchev–Trinajstić information content (AvgIpc) is 1.95. The zero-order chi connectivity index (χ0) is 8.55. The fourth-order valence-electron chi connectivity index (χ4n) is 1.74. The number of nitrogens with one attached hydrogen (secondary N) is 2. The van der Waals surface area contributed by atoms with Gasteiger partial charge in [-0.25, -0.2) is 0 Å². The molecular weight excluding hydrogens is 154 g/mol. The van der Waals surface area contributed by atoms with Crippen molar-refractivity contribution in [2.75, 3.05) is 33.2 Å². The molecule has 4 nitrogen and oxygen atoms in total. The Morgan fingerprint density at radius 1 is 1.50 bits per heavy atom. The number of hydrogen-bond donors (Lipinski definition) is 2. The topological polar surface area (TPSA) is 44.4 Å². The van der Waals surface area contributed by atoms with Crippen molar-refractivity contribution in [2.24, 2.45) is 5.92 Å². The summed E-state index contributed by atoms with van der Waals surface area (Å²) in [5.74, 6) is 0.771. The molecule has 1 atom stereocenters. The Bertz CT molecular complexity index is 191. The van der Waals surface area contributed by atoms with E-state index in [1.54, 1.807) is 0 Å². The van der Waals surface area contributed by atoms with Gasteiger partial charge in [0.25, 0.3) is 0 Å². The van der Waals surface area contributed by atoms with Gasteiger partial charge in [0.05, 0.1) is 6.04 Å². The van der Waals surface area contributed by atoms with Gasteiger partial charge >= 0.3 is 0 Å². The molecule has 2 fully saturated rings. The zero-order valence-electron chi connectivity index (χ0n) is 7.34. The minimum absolute atomic E-state index is 0.0741. The summed E-state index contributed by atoms with van der Waals surface area (Å²) in [6.07, 6.45) is 0. The van der Waals surface area contributed by atoms with Gasteiger partial charge in [-0.1, -0.05) is 0 Å². The Balaban J connectivity index is 1.98. The van der Waals surface area contributed by atoms with E-state index in [-0.39, 0.29) is 11.9 Å². The third-order valence-corrected chi connectivity index (χ3v) is 2.74. The van der Waals surface area contributed by atoms with Crippen LogP contribution in [0, 0.1) is 5.92 Å². The van der Waals surface area contributed by atoms with Gasteiger partial charge in [-0.05, 0) is 0 Å². The number of carbonyl (C=O) groups excluding carboxylic acids is 1. The second-order valence-corrected chi connectivity index (χ2v) is 3.61. The van der Waals surface area contributed by atoms with Crippen molar-refractivity contribution < 1.29 is 4.79 Å². The molecule has 0 radical (unpaired) electrons. The number of carbonyl (C=O) groups is 1. The Labute approximate surface area is 72.3 Å². The van der Waals surface area contributed by atoms with Crippen LogP contribution in [0.15, 0.2) is 0 Å². The molecule has 0 spiro atoms. The van der Waals surface area contributed by atoms with Gasteiger partial charge in [0, 0.05) is 39.1 Å². The van der Waals surface area contributed by atoms with Crippen molar-refractivity contribution in [1.29, 1.82) is 0 Å². The molecule has 4 heteroatoms. The van der Waals surface area contributed by atoms with Crippen molar-refractivity contribution in [1.82, 2.24) is 15.5 Å². The monoisotopic (exact) mass is 169 g/mol. The van der Waals surface area contributed by atoms with E-state index in [0.29, 0.717) is 5.92 Å². The minimum Gasteiger partial charge on any atom is -0.343 e. The van der Waals surface area contributed by atoms with Crippen LogP contribution in [0.1, 0.15) is 0 Å². The molecule has 0 saturated carbocycles. The fraction of sp³-hybridized carbons (Fsp3) is 0.875. The first kappa shape index (κ1) is 8.01. The minimum atomic E-state index is 0.0741. The van der Waals surface area contributed by atoms with Crippen LogP contribution in [-0.4, -0.2) is 50.1 Å². The summed E-state index contributed by atoms with van der Waals surface area (Å²) in [7, 11) is 1.88. The lowest BCUT2D eigenvalue weighted by molar-refractivity contribution is -0.136. The van der Waals surface area contributed by atoms with Gasteiger partial charge in [-0.2, -0.15) is 0 Å². The molecule has 0 aliphatic carbocycles. The van der Waals surface area contributed by atoms with Crippen molar-refractivity contribution in [2.45, 2.75) is 6.04 Å². The van der Waals surface area contributed by atoms with Crippen LogP contribution in [0.5, 0.6) is 0 Å². The first-order valence-corrected chi connectivity index (χ1v) is 4.48. The highest BCUT2D eigenvalue weighted by Crippen LogP contribution is 2.13. The lowest BCUT2D eigenvalue weighted by Gasteiger charge is -2.39. The summed E-state index contributed by atoms with van der Waals surface area (Å²) in [5.41, 5.74) is 0. The number of piperazine rings is 1. The Kier molecular flexibility index (Phi) is 2.02. The Morgan fingerprint density at radius 2 is 2.25 bits per heavy atom. The first-order valence-electron chi connectivity index (χ1n) is 4.48. The Morgan fingerprint density at radius 3 is 2.83 bits per heavy atom. The molecule has 1 amide bonds. The number of nitrogens with zero attached hydrogens (tertiary/aromatic N) is 1. The molecule has 0 aromatic rings. The largest absolute Gasteiger partial charge is 0.343 e. The summed E-state index contributed by atoms with van der Waals surface area (Å²) in [4.78, 5) is 13.4. The van der Waals surface area contributed by atoms with Crippen molar-refractivity contribution >= 4 is 5.91 Å². The van der Waals surface area contributed by atoms with Crippen LogP contribution in [0.25, 0.3) is 0 Å². The lowest BCUT2D eigenvalue weighted by atomic mass is 9.92. The molecule has 0 aromatic heterocycles. The molecule has 68 valence electrons. The van der Waals surface area contributed by atoms with Crippen molar-refractivity contribution in [3.8, 4) is 0 Å². The van der Waals surface area contributed by atoms with Crippen molar-refractivity contribution in [3.05, 3.63) is 0 Å². The number of rotatable bonds is 1. The smallest absolute Gasteiger partial charge is 0.239 e. The SMILES string of the molecule is CN1CCNC(C2CNC2)C1=O. The molecule has 2 rings (SSSR count). The van der Waals surface area contributed by atoms with E-state index >= 15 is 0 Å². The van der Waals surface area contributed by atoms with E-state index in [0.717, 1.165) is 26.2 Å². The molecule has 2 heterocycles. The Hall–Kier alpha value is -0.610. The maximum atomic E-state index is 11.6. The maximum Gasteiger partial charge on any atom is 0.239 e. The van der Waals surface area contributed by atoms with Gasteiger partial charge in [0.2, 0.25) is 5.91 Å². The van der Waals surface area contributed by atoms with E-state index < -0.39 is 0 Å². The summed E-state index contributed by atoms with van der Waals surface area (Å²) >= 11 is 0. The van der Waals surface area contributed by atoms with Crippen molar-refractivity contribution in [3.63, 3.8) is 0 Å². The highest BCUT2D eigenvalue weighted by atomic mass is 16.2. The van der Waals surface area contributed by atoms with Gasteiger partial charge in [-0.3, -0.25) is 4.79 Å². The number of hydrogen-bond acceptors (Lipinski definition) is 3. The molecule has 0 bridgehead atoms. The molecule has 2 N–H and O–H groups in total. The van der Waals surface area contributed by atoms with Gasteiger partial charge in [0.15, 0.2) is 0 Å². The van der Waals surface area contributed by atoms with Crippen LogP contribution < -0.4 is 10.6 Å². The van der Waals surface area contributed by atoms with Gasteiger partial charge in [0.1, 0.15) is 0 Å². The van der Waals surface area contributed by atoms with Crippen LogP contribution in [-0.2, 0) is 4.79 Å². The van der Waals surface area contributed by atoms with Gasteiger partial charge < -0.3 is 15.5 Å². The van der Waals surface area contributed by atoms with E-state index in [1.807, 2.05) is 11.9 Å². The van der Waals surface area contributed by atoms with Crippen LogP contribution in [0.4, 0.5) is 0 Å². The molecule has 2 saturated heterocycles. The first-order chi connectivity index (χ1) is 5.79. The summed E-state index contributed by atoms with van der Waals surface area (Å²) in [5, 5.41) is 6.45. The molecule has 2 aliphatic heterocycles. The summed E-state index contributed by atoms with van der Waals surface area (Å²) in [6, 6.07) is 0.0741. The maximum absolute atomic E-state index is 11.6. The third-order valence-electron chi connectivity index (χ3n) is 2.74. The highest BCUT2D eigenvalue weighted by Gasteiger charge is 2.35. The van der Waals surface area contributed by atoms with E-state index in [9.17, 15) is 4.79 Å². The highest BCUT2D eigenvalue weighted by molar-refractivity contribution is 5.82. The standard InChI is InChI=1S/C8H15N3O/c1-11-3-2-10-7(8(11)12)6-4-9-5-6/h6-7,9-10H,2-5H2,1H3.